The SMILES string of the molecule is COc1ccccc1OCCN(C)C(=O)c1cc(=O)c2cc(C)c(C)cc2o1. The zero-order valence-corrected chi connectivity index (χ0v) is 16.4. The number of para-hydroxylation sites is 2. The molecule has 0 N–H and O–H groups in total. The summed E-state index contributed by atoms with van der Waals surface area (Å²) >= 11 is 0. The molecule has 3 rings (SSSR count). The molecule has 0 unspecified atom stereocenters. The van der Waals surface area contributed by atoms with Crippen molar-refractivity contribution in [1.82, 2.24) is 4.90 Å². The third kappa shape index (κ3) is 4.01. The summed E-state index contributed by atoms with van der Waals surface area (Å²) in [7, 11) is 3.21. The normalized spacial score (nSPS) is 10.7. The van der Waals surface area contributed by atoms with Gasteiger partial charge in [0.05, 0.1) is 19.0 Å². The minimum atomic E-state index is -0.374. The van der Waals surface area contributed by atoms with E-state index in [1.54, 1.807) is 38.4 Å². The number of rotatable bonds is 6. The number of nitrogens with zero attached hydrogens (tertiary/aromatic N) is 1. The van der Waals surface area contributed by atoms with Gasteiger partial charge in [-0.05, 0) is 49.2 Å². The number of carbonyl (C=O) groups excluding carboxylic acids is 1. The monoisotopic (exact) mass is 381 g/mol. The average molecular weight is 381 g/mol. The van der Waals surface area contributed by atoms with Gasteiger partial charge in [-0.25, -0.2) is 0 Å². The molecular weight excluding hydrogens is 358 g/mol. The first-order valence-corrected chi connectivity index (χ1v) is 8.97. The fourth-order valence-corrected chi connectivity index (χ4v) is 2.84. The Kier molecular flexibility index (Phi) is 5.68. The lowest BCUT2D eigenvalue weighted by Gasteiger charge is -2.17. The molecule has 0 atom stereocenters. The Morgan fingerprint density at radius 3 is 2.46 bits per heavy atom. The predicted molar refractivity (Wildman–Crippen MR) is 107 cm³/mol. The number of aryl methyl sites for hydroxylation is 2. The van der Waals surface area contributed by atoms with Crippen LogP contribution in [0.5, 0.6) is 11.5 Å². The van der Waals surface area contributed by atoms with Crippen molar-refractivity contribution in [2.75, 3.05) is 27.3 Å². The van der Waals surface area contributed by atoms with Crippen LogP contribution in [0, 0.1) is 13.8 Å². The van der Waals surface area contributed by atoms with Crippen molar-refractivity contribution in [2.45, 2.75) is 13.8 Å². The van der Waals surface area contributed by atoms with E-state index in [1.807, 2.05) is 26.0 Å². The second-order valence-electron chi connectivity index (χ2n) is 6.63. The number of methoxy groups -OCH3 is 1. The van der Waals surface area contributed by atoms with Gasteiger partial charge in [0, 0.05) is 13.1 Å². The Balaban J connectivity index is 1.72. The Morgan fingerprint density at radius 2 is 1.75 bits per heavy atom. The van der Waals surface area contributed by atoms with Gasteiger partial charge >= 0.3 is 0 Å². The first-order chi connectivity index (χ1) is 13.4. The van der Waals surface area contributed by atoms with Gasteiger partial charge < -0.3 is 18.8 Å². The third-order valence-corrected chi connectivity index (χ3v) is 4.65. The van der Waals surface area contributed by atoms with Crippen molar-refractivity contribution in [1.29, 1.82) is 0 Å². The molecule has 0 aliphatic carbocycles. The first kappa shape index (κ1) is 19.5. The largest absolute Gasteiger partial charge is 0.493 e. The molecule has 1 amide bonds. The second-order valence-corrected chi connectivity index (χ2v) is 6.63. The molecule has 0 bridgehead atoms. The van der Waals surface area contributed by atoms with Crippen LogP contribution in [0.4, 0.5) is 0 Å². The molecule has 2 aromatic carbocycles. The average Bonchev–Trinajstić information content (AvgIpc) is 2.69. The lowest BCUT2D eigenvalue weighted by molar-refractivity contribution is 0.0742. The van der Waals surface area contributed by atoms with Gasteiger partial charge in [-0.3, -0.25) is 9.59 Å². The number of benzene rings is 2. The van der Waals surface area contributed by atoms with E-state index >= 15 is 0 Å². The molecule has 1 heterocycles. The summed E-state index contributed by atoms with van der Waals surface area (Å²) in [6.45, 7) is 4.47. The van der Waals surface area contributed by atoms with E-state index in [2.05, 4.69) is 0 Å². The molecule has 3 aromatic rings. The van der Waals surface area contributed by atoms with Gasteiger partial charge in [-0.15, -0.1) is 0 Å². The number of hydrogen-bond donors (Lipinski definition) is 0. The highest BCUT2D eigenvalue weighted by Crippen LogP contribution is 2.25. The van der Waals surface area contributed by atoms with E-state index < -0.39 is 0 Å². The Hall–Kier alpha value is -3.28. The van der Waals surface area contributed by atoms with E-state index in [-0.39, 0.29) is 23.7 Å². The summed E-state index contributed by atoms with van der Waals surface area (Å²) in [5.74, 6) is 0.873. The van der Waals surface area contributed by atoms with Crippen molar-refractivity contribution in [2.24, 2.45) is 0 Å². The summed E-state index contributed by atoms with van der Waals surface area (Å²) in [6.07, 6.45) is 0. The van der Waals surface area contributed by atoms with Crippen LogP contribution in [0.3, 0.4) is 0 Å². The van der Waals surface area contributed by atoms with Crippen molar-refractivity contribution in [3.05, 3.63) is 69.6 Å². The maximum absolute atomic E-state index is 12.7. The van der Waals surface area contributed by atoms with Crippen LogP contribution in [0.25, 0.3) is 11.0 Å². The standard InChI is InChI=1S/C22H23NO5/c1-14-11-16-17(24)13-21(28-20(16)12-15(14)2)22(25)23(3)9-10-27-19-8-6-5-7-18(19)26-4/h5-8,11-13H,9-10H2,1-4H3. The molecule has 1 aromatic heterocycles. The molecule has 0 spiro atoms. The van der Waals surface area contributed by atoms with Gasteiger partial charge in [0.2, 0.25) is 0 Å². The van der Waals surface area contributed by atoms with Crippen LogP contribution in [-0.4, -0.2) is 38.1 Å². The third-order valence-electron chi connectivity index (χ3n) is 4.65. The summed E-state index contributed by atoms with van der Waals surface area (Å²) in [5.41, 5.74) is 2.19. The lowest BCUT2D eigenvalue weighted by Crippen LogP contribution is -2.31. The molecule has 0 fully saturated rings. The first-order valence-electron chi connectivity index (χ1n) is 8.97. The van der Waals surface area contributed by atoms with Gasteiger partial charge in [0.15, 0.2) is 22.7 Å². The number of ether oxygens (including phenoxy) is 2. The van der Waals surface area contributed by atoms with Crippen LogP contribution in [0.2, 0.25) is 0 Å². The molecule has 6 heteroatoms. The van der Waals surface area contributed by atoms with Crippen LogP contribution in [-0.2, 0) is 0 Å². The molecule has 0 saturated heterocycles. The molecule has 0 radical (unpaired) electrons. The highest BCUT2D eigenvalue weighted by Gasteiger charge is 2.17. The molecule has 28 heavy (non-hydrogen) atoms. The minimum absolute atomic E-state index is 0.0144. The van der Waals surface area contributed by atoms with Crippen LogP contribution in [0.1, 0.15) is 21.7 Å². The van der Waals surface area contributed by atoms with Crippen molar-refractivity contribution in [3.63, 3.8) is 0 Å². The smallest absolute Gasteiger partial charge is 0.289 e. The summed E-state index contributed by atoms with van der Waals surface area (Å²) in [6, 6.07) is 12.1. The lowest BCUT2D eigenvalue weighted by atomic mass is 10.1. The van der Waals surface area contributed by atoms with Crippen molar-refractivity contribution < 1.29 is 18.7 Å². The fraction of sp³-hybridized carbons (Fsp3) is 0.273. The van der Waals surface area contributed by atoms with Gasteiger partial charge in [-0.1, -0.05) is 12.1 Å². The predicted octanol–water partition coefficient (Wildman–Crippen LogP) is 3.57. The second kappa shape index (κ2) is 8.17. The van der Waals surface area contributed by atoms with E-state index in [9.17, 15) is 9.59 Å². The molecular formula is C22H23NO5. The Labute approximate surface area is 163 Å². The zero-order valence-electron chi connectivity index (χ0n) is 16.4. The van der Waals surface area contributed by atoms with Gasteiger partial charge in [-0.2, -0.15) is 0 Å². The van der Waals surface area contributed by atoms with Crippen molar-refractivity contribution >= 4 is 16.9 Å². The topological polar surface area (TPSA) is 69.0 Å². The van der Waals surface area contributed by atoms with Gasteiger partial charge in [0.25, 0.3) is 5.91 Å². The highest BCUT2D eigenvalue weighted by atomic mass is 16.5. The fourth-order valence-electron chi connectivity index (χ4n) is 2.84. The molecule has 0 saturated carbocycles. The number of likely N-dealkylation sites (N-methyl/N-ethyl adjacent to an activating group) is 1. The van der Waals surface area contributed by atoms with E-state index in [0.717, 1.165) is 11.1 Å². The van der Waals surface area contributed by atoms with Crippen molar-refractivity contribution in [3.8, 4) is 11.5 Å². The van der Waals surface area contributed by atoms with Crippen LogP contribution in [0.15, 0.2) is 51.7 Å². The minimum Gasteiger partial charge on any atom is -0.493 e. The molecule has 146 valence electrons. The van der Waals surface area contributed by atoms with E-state index in [4.69, 9.17) is 13.9 Å². The molecule has 6 nitrogen and oxygen atoms in total. The quantitative estimate of drug-likeness (QED) is 0.653. The maximum atomic E-state index is 12.7. The van der Waals surface area contributed by atoms with E-state index in [0.29, 0.717) is 29.0 Å². The summed E-state index contributed by atoms with van der Waals surface area (Å²) in [5, 5.41) is 0.474. The Bertz CT molecular complexity index is 1070. The number of fused-ring (bicyclic) bond motifs is 1. The number of carbonyl (C=O) groups is 1. The van der Waals surface area contributed by atoms with Crippen LogP contribution < -0.4 is 14.9 Å². The number of amides is 1. The van der Waals surface area contributed by atoms with Crippen LogP contribution >= 0.6 is 0 Å². The van der Waals surface area contributed by atoms with Gasteiger partial charge in [0.1, 0.15) is 12.2 Å². The zero-order chi connectivity index (χ0) is 20.3. The molecule has 0 aliphatic rings. The Morgan fingerprint density at radius 1 is 1.07 bits per heavy atom. The summed E-state index contributed by atoms with van der Waals surface area (Å²) in [4.78, 5) is 26.5. The maximum Gasteiger partial charge on any atom is 0.289 e. The van der Waals surface area contributed by atoms with E-state index in [1.165, 1.54) is 11.0 Å². The summed E-state index contributed by atoms with van der Waals surface area (Å²) < 4.78 is 16.6. The molecule has 0 aliphatic heterocycles. The number of hydrogen-bond acceptors (Lipinski definition) is 5. The highest BCUT2D eigenvalue weighted by molar-refractivity contribution is 5.93.